The van der Waals surface area contributed by atoms with Gasteiger partial charge in [-0.2, -0.15) is 0 Å². The largest absolute Gasteiger partial charge is 0.573 e. The number of para-hydroxylation sites is 1. The Bertz CT molecular complexity index is 614. The highest BCUT2D eigenvalue weighted by atomic mass is 19.4. The number of alkyl halides is 3. The molecule has 1 N–H and O–H groups in total. The lowest BCUT2D eigenvalue weighted by atomic mass is 10.00. The van der Waals surface area contributed by atoms with Crippen LogP contribution < -0.4 is 4.74 Å². The van der Waals surface area contributed by atoms with Crippen LogP contribution in [0.5, 0.6) is 5.75 Å². The average Bonchev–Trinajstić information content (AvgIpc) is 2.45. The molecule has 0 spiro atoms. The molecule has 0 saturated heterocycles. The molecule has 0 aliphatic heterocycles. The van der Waals surface area contributed by atoms with Gasteiger partial charge in [0.25, 0.3) is 0 Å². The summed E-state index contributed by atoms with van der Waals surface area (Å²) in [4.78, 5) is 4.08. The van der Waals surface area contributed by atoms with Crippen molar-refractivity contribution >= 4 is 0 Å². The first-order valence-electron chi connectivity index (χ1n) is 6.39. The van der Waals surface area contributed by atoms with Crippen LogP contribution in [-0.2, 0) is 6.42 Å². The predicted molar refractivity (Wildman–Crippen MR) is 70.8 cm³/mol. The van der Waals surface area contributed by atoms with Crippen LogP contribution in [0.1, 0.15) is 29.8 Å². The van der Waals surface area contributed by atoms with E-state index in [1.807, 2.05) is 6.92 Å². The number of aliphatic hydroxyl groups is 1. The summed E-state index contributed by atoms with van der Waals surface area (Å²) >= 11 is 0. The van der Waals surface area contributed by atoms with Gasteiger partial charge in [-0.25, -0.2) is 0 Å². The zero-order valence-electron chi connectivity index (χ0n) is 11.3. The third kappa shape index (κ3) is 3.72. The van der Waals surface area contributed by atoms with Crippen molar-refractivity contribution in [3.63, 3.8) is 0 Å². The SMILES string of the molecule is CCc1cccnc1C(O)c1ccccc1OC(F)(F)F. The highest BCUT2D eigenvalue weighted by Crippen LogP contribution is 2.33. The van der Waals surface area contributed by atoms with Crippen molar-refractivity contribution in [2.24, 2.45) is 0 Å². The van der Waals surface area contributed by atoms with Crippen molar-refractivity contribution in [2.45, 2.75) is 25.8 Å². The highest BCUT2D eigenvalue weighted by Gasteiger charge is 2.33. The molecule has 2 aromatic rings. The molecule has 0 aliphatic carbocycles. The Hall–Kier alpha value is -2.08. The van der Waals surface area contributed by atoms with Gasteiger partial charge >= 0.3 is 6.36 Å². The lowest BCUT2D eigenvalue weighted by molar-refractivity contribution is -0.275. The third-order valence-corrected chi connectivity index (χ3v) is 3.01. The van der Waals surface area contributed by atoms with Crippen LogP contribution in [0.2, 0.25) is 0 Å². The van der Waals surface area contributed by atoms with Gasteiger partial charge in [0.05, 0.1) is 5.69 Å². The fourth-order valence-corrected chi connectivity index (χ4v) is 2.07. The number of rotatable bonds is 4. The fraction of sp³-hybridized carbons (Fsp3) is 0.267. The zero-order chi connectivity index (χ0) is 15.5. The topological polar surface area (TPSA) is 42.4 Å². The molecule has 6 heteroatoms. The van der Waals surface area contributed by atoms with Gasteiger partial charge in [0, 0.05) is 11.8 Å². The Kier molecular flexibility index (Phi) is 4.47. The monoisotopic (exact) mass is 297 g/mol. The minimum Gasteiger partial charge on any atom is -0.405 e. The lowest BCUT2D eigenvalue weighted by Crippen LogP contribution is -2.19. The van der Waals surface area contributed by atoms with Crippen molar-refractivity contribution in [1.82, 2.24) is 4.98 Å². The van der Waals surface area contributed by atoms with E-state index in [-0.39, 0.29) is 5.56 Å². The van der Waals surface area contributed by atoms with Crippen molar-refractivity contribution in [3.8, 4) is 5.75 Å². The molecule has 1 aromatic heterocycles. The van der Waals surface area contributed by atoms with Gasteiger partial charge in [0.1, 0.15) is 11.9 Å². The predicted octanol–water partition coefficient (Wildman–Crippen LogP) is 3.62. The minimum atomic E-state index is -4.81. The number of nitrogens with zero attached hydrogens (tertiary/aromatic N) is 1. The lowest BCUT2D eigenvalue weighted by Gasteiger charge is -2.18. The Labute approximate surface area is 120 Å². The van der Waals surface area contributed by atoms with E-state index in [1.54, 1.807) is 12.1 Å². The zero-order valence-corrected chi connectivity index (χ0v) is 11.3. The molecule has 2 rings (SSSR count). The standard InChI is InChI=1S/C15H14F3NO2/c1-2-10-6-5-9-19-13(10)14(20)11-7-3-4-8-12(11)21-15(16,17)18/h3-9,14,20H,2H2,1H3. The van der Waals surface area contributed by atoms with Crippen molar-refractivity contribution in [3.05, 3.63) is 59.4 Å². The van der Waals surface area contributed by atoms with E-state index in [2.05, 4.69) is 9.72 Å². The van der Waals surface area contributed by atoms with Gasteiger partial charge in [-0.1, -0.05) is 31.2 Å². The van der Waals surface area contributed by atoms with E-state index in [0.717, 1.165) is 5.56 Å². The number of aliphatic hydroxyl groups excluding tert-OH is 1. The summed E-state index contributed by atoms with van der Waals surface area (Å²) in [7, 11) is 0. The van der Waals surface area contributed by atoms with Crippen LogP contribution in [0.4, 0.5) is 13.2 Å². The molecule has 1 unspecified atom stereocenters. The summed E-state index contributed by atoms with van der Waals surface area (Å²) in [5.74, 6) is -0.426. The fourth-order valence-electron chi connectivity index (χ4n) is 2.07. The van der Waals surface area contributed by atoms with Gasteiger partial charge in [0.2, 0.25) is 0 Å². The number of pyridine rings is 1. The van der Waals surface area contributed by atoms with Crippen LogP contribution in [0.3, 0.4) is 0 Å². The van der Waals surface area contributed by atoms with Gasteiger partial charge < -0.3 is 9.84 Å². The van der Waals surface area contributed by atoms with Gasteiger partial charge in [0.15, 0.2) is 0 Å². The van der Waals surface area contributed by atoms with Crippen LogP contribution in [0.25, 0.3) is 0 Å². The number of hydrogen-bond donors (Lipinski definition) is 1. The number of aromatic nitrogens is 1. The van der Waals surface area contributed by atoms with E-state index in [4.69, 9.17) is 0 Å². The molecule has 0 radical (unpaired) electrons. The van der Waals surface area contributed by atoms with Crippen LogP contribution in [0, 0.1) is 0 Å². The summed E-state index contributed by atoms with van der Waals surface area (Å²) in [5, 5.41) is 10.4. The normalized spacial score (nSPS) is 13.0. The first-order chi connectivity index (χ1) is 9.92. The van der Waals surface area contributed by atoms with E-state index in [9.17, 15) is 18.3 Å². The maximum absolute atomic E-state index is 12.4. The molecule has 112 valence electrons. The molecular weight excluding hydrogens is 283 g/mol. The third-order valence-electron chi connectivity index (χ3n) is 3.01. The summed E-state index contributed by atoms with van der Waals surface area (Å²) in [6.07, 6.45) is -3.99. The highest BCUT2D eigenvalue weighted by molar-refractivity contribution is 5.40. The van der Waals surface area contributed by atoms with Gasteiger partial charge in [-0.3, -0.25) is 4.98 Å². The minimum absolute atomic E-state index is 0.0308. The van der Waals surface area contributed by atoms with E-state index in [1.165, 1.54) is 30.5 Å². The molecule has 0 aliphatic rings. The number of halogens is 3. The summed E-state index contributed by atoms with van der Waals surface area (Å²) in [5.41, 5.74) is 1.13. The maximum atomic E-state index is 12.4. The molecule has 1 heterocycles. The summed E-state index contributed by atoms with van der Waals surface area (Å²) < 4.78 is 41.2. The Morgan fingerprint density at radius 3 is 2.57 bits per heavy atom. The molecular formula is C15H14F3NO2. The number of benzene rings is 1. The maximum Gasteiger partial charge on any atom is 0.573 e. The van der Waals surface area contributed by atoms with Gasteiger partial charge in [-0.05, 0) is 24.1 Å². The molecule has 21 heavy (non-hydrogen) atoms. The van der Waals surface area contributed by atoms with E-state index >= 15 is 0 Å². The molecule has 0 saturated carbocycles. The summed E-state index contributed by atoms with van der Waals surface area (Å²) in [6, 6.07) is 9.00. The first-order valence-corrected chi connectivity index (χ1v) is 6.39. The average molecular weight is 297 g/mol. The quantitative estimate of drug-likeness (QED) is 0.937. The summed E-state index contributed by atoms with van der Waals surface area (Å²) in [6.45, 7) is 1.88. The van der Waals surface area contributed by atoms with Crippen LogP contribution in [0.15, 0.2) is 42.6 Å². The van der Waals surface area contributed by atoms with Crippen molar-refractivity contribution < 1.29 is 23.0 Å². The van der Waals surface area contributed by atoms with Crippen LogP contribution >= 0.6 is 0 Å². The molecule has 0 bridgehead atoms. The van der Waals surface area contributed by atoms with Crippen LogP contribution in [-0.4, -0.2) is 16.5 Å². The van der Waals surface area contributed by atoms with E-state index < -0.39 is 18.2 Å². The number of aryl methyl sites for hydroxylation is 1. The molecule has 1 atom stereocenters. The van der Waals surface area contributed by atoms with E-state index in [0.29, 0.717) is 12.1 Å². The Morgan fingerprint density at radius 2 is 1.90 bits per heavy atom. The second-order valence-corrected chi connectivity index (χ2v) is 4.39. The first kappa shape index (κ1) is 15.3. The molecule has 1 aromatic carbocycles. The Morgan fingerprint density at radius 1 is 1.19 bits per heavy atom. The molecule has 0 fully saturated rings. The number of ether oxygens (including phenoxy) is 1. The smallest absolute Gasteiger partial charge is 0.405 e. The van der Waals surface area contributed by atoms with Gasteiger partial charge in [-0.15, -0.1) is 13.2 Å². The molecule has 3 nitrogen and oxygen atoms in total. The second-order valence-electron chi connectivity index (χ2n) is 4.39. The second kappa shape index (κ2) is 6.13. The Balaban J connectivity index is 2.42. The number of hydrogen-bond acceptors (Lipinski definition) is 3. The van der Waals surface area contributed by atoms with Crippen molar-refractivity contribution in [2.75, 3.05) is 0 Å². The van der Waals surface area contributed by atoms with Crippen molar-refractivity contribution in [1.29, 1.82) is 0 Å². The molecule has 0 amide bonds.